The number of furan rings is 1. The molecule has 204 valence electrons. The number of rotatable bonds is 13. The molecule has 0 fully saturated rings. The highest BCUT2D eigenvalue weighted by Gasteiger charge is 2.24. The molecule has 3 N–H and O–H groups in total. The van der Waals surface area contributed by atoms with E-state index in [1.54, 1.807) is 18.3 Å². The van der Waals surface area contributed by atoms with Crippen LogP contribution >= 0.6 is 11.8 Å². The maximum absolute atomic E-state index is 13.8. The second-order valence-electron chi connectivity index (χ2n) is 9.16. The molecule has 39 heavy (non-hydrogen) atoms. The Morgan fingerprint density at radius 3 is 2.54 bits per heavy atom. The van der Waals surface area contributed by atoms with Crippen molar-refractivity contribution in [1.82, 2.24) is 15.6 Å². The van der Waals surface area contributed by atoms with Gasteiger partial charge in [0.15, 0.2) is 5.76 Å². The Hall–Kier alpha value is -3.53. The molecule has 2 atom stereocenters. The molecule has 0 aliphatic carbocycles. The van der Waals surface area contributed by atoms with Crippen molar-refractivity contribution in [2.75, 3.05) is 6.54 Å². The highest BCUT2D eigenvalue weighted by Crippen LogP contribution is 2.22. The van der Waals surface area contributed by atoms with E-state index in [0.29, 0.717) is 23.6 Å². The van der Waals surface area contributed by atoms with Crippen molar-refractivity contribution in [2.24, 2.45) is 0 Å². The van der Waals surface area contributed by atoms with E-state index in [4.69, 9.17) is 4.42 Å². The molecule has 4 rings (SSSR count). The molecule has 6 nitrogen and oxygen atoms in total. The van der Waals surface area contributed by atoms with Crippen LogP contribution < -0.4 is 10.6 Å². The molecule has 1 amide bonds. The van der Waals surface area contributed by atoms with Gasteiger partial charge < -0.3 is 20.2 Å². The van der Waals surface area contributed by atoms with E-state index in [1.807, 2.05) is 30.3 Å². The van der Waals surface area contributed by atoms with Gasteiger partial charge in [0.05, 0.1) is 22.9 Å². The third-order valence-electron chi connectivity index (χ3n) is 6.13. The molecule has 4 aromatic rings. The molecule has 0 aliphatic heterocycles. The number of benzene rings is 2. The highest BCUT2D eigenvalue weighted by molar-refractivity contribution is 7.98. The minimum Gasteiger partial charge on any atom is -0.455 e. The molecule has 0 spiro atoms. The minimum atomic E-state index is -1.04. The highest BCUT2D eigenvalue weighted by atomic mass is 32.2. The van der Waals surface area contributed by atoms with Crippen molar-refractivity contribution >= 4 is 17.7 Å². The fraction of sp³-hybridized carbons (Fsp3) is 0.267. The average Bonchev–Trinajstić information content (AvgIpc) is 3.41. The average molecular weight is 552 g/mol. The van der Waals surface area contributed by atoms with Crippen LogP contribution in [0.15, 0.2) is 88.4 Å². The number of halogens is 2. The Labute approximate surface area is 230 Å². The molecule has 2 heterocycles. The number of amides is 1. The molecule has 0 saturated carbocycles. The van der Waals surface area contributed by atoms with Crippen LogP contribution in [0, 0.1) is 11.6 Å². The quantitative estimate of drug-likeness (QED) is 0.196. The number of nitrogens with one attached hydrogen (secondary N) is 2. The van der Waals surface area contributed by atoms with E-state index in [0.717, 1.165) is 23.1 Å². The van der Waals surface area contributed by atoms with Gasteiger partial charge in [-0.1, -0.05) is 49.0 Å². The van der Waals surface area contributed by atoms with Gasteiger partial charge >= 0.3 is 0 Å². The Balaban J connectivity index is 1.41. The number of pyridine rings is 1. The molecule has 0 bridgehead atoms. The van der Waals surface area contributed by atoms with E-state index in [2.05, 4.69) is 34.7 Å². The largest absolute Gasteiger partial charge is 0.455 e. The number of aliphatic hydroxyl groups is 1. The lowest BCUT2D eigenvalue weighted by Gasteiger charge is -2.24. The fourth-order valence-electron chi connectivity index (χ4n) is 4.13. The third kappa shape index (κ3) is 8.74. The normalized spacial score (nSPS) is 12.7. The summed E-state index contributed by atoms with van der Waals surface area (Å²) in [5.41, 5.74) is 2.60. The lowest BCUT2D eigenvalue weighted by Crippen LogP contribution is -2.48. The van der Waals surface area contributed by atoms with Crippen molar-refractivity contribution in [3.05, 3.63) is 119 Å². The van der Waals surface area contributed by atoms with Crippen LogP contribution in [-0.4, -0.2) is 34.7 Å². The van der Waals surface area contributed by atoms with Gasteiger partial charge in [-0.15, -0.1) is 0 Å². The van der Waals surface area contributed by atoms with Gasteiger partial charge in [0.1, 0.15) is 17.4 Å². The SMILES string of the molecule is CCc1cccc(CNC[C@H](O)[C@H](Cc2cc(F)cc(F)c2)NC(=O)c2ccc(CSc3ccccn3)o2)c1. The molecule has 0 unspecified atom stereocenters. The Bertz CT molecular complexity index is 1350. The van der Waals surface area contributed by atoms with Crippen LogP contribution in [0.1, 0.15) is 39.9 Å². The van der Waals surface area contributed by atoms with Crippen molar-refractivity contribution in [1.29, 1.82) is 0 Å². The first-order valence-electron chi connectivity index (χ1n) is 12.7. The third-order valence-corrected chi connectivity index (χ3v) is 7.09. The van der Waals surface area contributed by atoms with Gasteiger partial charge in [-0.05, 0) is 65.9 Å². The van der Waals surface area contributed by atoms with Crippen molar-refractivity contribution in [2.45, 2.75) is 49.2 Å². The summed E-state index contributed by atoms with van der Waals surface area (Å²) >= 11 is 1.48. The first kappa shape index (κ1) is 28.5. The van der Waals surface area contributed by atoms with Crippen LogP contribution in [0.3, 0.4) is 0 Å². The maximum Gasteiger partial charge on any atom is 0.287 e. The lowest BCUT2D eigenvalue weighted by atomic mass is 10.00. The first-order chi connectivity index (χ1) is 18.9. The first-order valence-corrected chi connectivity index (χ1v) is 13.7. The van der Waals surface area contributed by atoms with Crippen LogP contribution in [0.5, 0.6) is 0 Å². The van der Waals surface area contributed by atoms with E-state index in [9.17, 15) is 18.7 Å². The number of carbonyl (C=O) groups is 1. The molecular formula is C30H31F2N3O3S. The van der Waals surface area contributed by atoms with E-state index in [-0.39, 0.29) is 18.7 Å². The Morgan fingerprint density at radius 1 is 1.00 bits per heavy atom. The fourth-order valence-corrected chi connectivity index (χ4v) is 4.88. The van der Waals surface area contributed by atoms with Crippen LogP contribution in [0.2, 0.25) is 0 Å². The maximum atomic E-state index is 13.8. The zero-order chi connectivity index (χ0) is 27.6. The summed E-state index contributed by atoms with van der Waals surface area (Å²) in [7, 11) is 0. The Kier molecular flexibility index (Phi) is 10.2. The summed E-state index contributed by atoms with van der Waals surface area (Å²) in [5.74, 6) is -0.809. The van der Waals surface area contributed by atoms with Gasteiger partial charge in [0.25, 0.3) is 5.91 Å². The van der Waals surface area contributed by atoms with Gasteiger partial charge in [-0.2, -0.15) is 0 Å². The van der Waals surface area contributed by atoms with Crippen LogP contribution in [0.25, 0.3) is 0 Å². The zero-order valence-electron chi connectivity index (χ0n) is 21.6. The Morgan fingerprint density at radius 2 is 1.79 bits per heavy atom. The van der Waals surface area contributed by atoms with E-state index < -0.39 is 29.7 Å². The summed E-state index contributed by atoms with van der Waals surface area (Å²) < 4.78 is 33.4. The molecule has 2 aromatic heterocycles. The van der Waals surface area contributed by atoms with Gasteiger partial charge in [-0.3, -0.25) is 4.79 Å². The predicted octanol–water partition coefficient (Wildman–Crippen LogP) is 5.30. The number of aromatic nitrogens is 1. The molecular weight excluding hydrogens is 520 g/mol. The smallest absolute Gasteiger partial charge is 0.287 e. The summed E-state index contributed by atoms with van der Waals surface area (Å²) in [6.07, 6.45) is 1.61. The standard InChI is InChI=1S/C30H31F2N3O3S/c1-2-20-6-5-7-21(12-20)17-33-18-27(36)26(15-22-13-23(31)16-24(32)14-22)35-30(37)28-10-9-25(38-28)19-39-29-8-3-4-11-34-29/h3-14,16,26-27,33,36H,2,15,17-19H2,1H3,(H,35,37)/t26-,27-/m0/s1. The van der Waals surface area contributed by atoms with Crippen molar-refractivity contribution in [3.63, 3.8) is 0 Å². The van der Waals surface area contributed by atoms with E-state index in [1.165, 1.54) is 29.5 Å². The summed E-state index contributed by atoms with van der Waals surface area (Å²) in [5, 5.41) is 17.8. The van der Waals surface area contributed by atoms with Gasteiger partial charge in [0.2, 0.25) is 0 Å². The number of aliphatic hydroxyl groups excluding tert-OH is 1. The number of thioether (sulfide) groups is 1. The molecule has 0 radical (unpaired) electrons. The summed E-state index contributed by atoms with van der Waals surface area (Å²) in [6, 6.07) is 19.4. The second-order valence-corrected chi connectivity index (χ2v) is 10.2. The molecule has 9 heteroatoms. The number of hydrogen-bond donors (Lipinski definition) is 3. The van der Waals surface area contributed by atoms with Crippen molar-refractivity contribution < 1.29 is 23.1 Å². The van der Waals surface area contributed by atoms with E-state index >= 15 is 0 Å². The van der Waals surface area contributed by atoms with Crippen LogP contribution in [0.4, 0.5) is 8.78 Å². The molecule has 0 aliphatic rings. The summed E-state index contributed by atoms with van der Waals surface area (Å²) in [6.45, 7) is 2.76. The van der Waals surface area contributed by atoms with Crippen molar-refractivity contribution in [3.8, 4) is 0 Å². The summed E-state index contributed by atoms with van der Waals surface area (Å²) in [4.78, 5) is 17.3. The number of aryl methyl sites for hydroxylation is 1. The monoisotopic (exact) mass is 551 g/mol. The lowest BCUT2D eigenvalue weighted by molar-refractivity contribution is 0.0803. The molecule has 2 aromatic carbocycles. The van der Waals surface area contributed by atoms with Gasteiger partial charge in [-0.25, -0.2) is 13.8 Å². The molecule has 0 saturated heterocycles. The number of nitrogens with zero attached hydrogens (tertiary/aromatic N) is 1. The predicted molar refractivity (Wildman–Crippen MR) is 147 cm³/mol. The topological polar surface area (TPSA) is 87.4 Å². The number of hydrogen-bond acceptors (Lipinski definition) is 6. The second kappa shape index (κ2) is 14.0. The minimum absolute atomic E-state index is 0.0255. The van der Waals surface area contributed by atoms with Crippen LogP contribution in [-0.2, 0) is 25.1 Å². The number of carbonyl (C=O) groups excluding carboxylic acids is 1. The van der Waals surface area contributed by atoms with Gasteiger partial charge in [0, 0.05) is 25.4 Å². The zero-order valence-corrected chi connectivity index (χ0v) is 22.4.